The number of benzene rings is 2. The third-order valence-corrected chi connectivity index (χ3v) is 5.28. The first-order valence-electron chi connectivity index (χ1n) is 9.23. The third kappa shape index (κ3) is 3.11. The number of fused-ring (bicyclic) bond motifs is 2. The van der Waals surface area contributed by atoms with Crippen molar-refractivity contribution >= 4 is 22.6 Å². The van der Waals surface area contributed by atoms with Crippen LogP contribution in [-0.2, 0) is 11.3 Å². The van der Waals surface area contributed by atoms with Crippen molar-refractivity contribution in [2.75, 3.05) is 18.5 Å². The van der Waals surface area contributed by atoms with Crippen LogP contribution in [0.4, 0.5) is 5.69 Å². The number of carbonyl (C=O) groups excluding carboxylic acids is 1. The van der Waals surface area contributed by atoms with Gasteiger partial charge in [-0.3, -0.25) is 4.79 Å². The van der Waals surface area contributed by atoms with Crippen LogP contribution in [0.2, 0.25) is 0 Å². The molecule has 4 rings (SSSR count). The summed E-state index contributed by atoms with van der Waals surface area (Å²) in [6.45, 7) is 4.81. The average Bonchev–Trinajstić information content (AvgIpc) is 2.70. The van der Waals surface area contributed by atoms with Crippen LogP contribution in [0.3, 0.4) is 0 Å². The third-order valence-electron chi connectivity index (χ3n) is 5.28. The van der Waals surface area contributed by atoms with Crippen molar-refractivity contribution in [1.82, 2.24) is 5.32 Å². The van der Waals surface area contributed by atoms with E-state index in [1.54, 1.807) is 7.05 Å². The van der Waals surface area contributed by atoms with Gasteiger partial charge in [-0.25, -0.2) is 4.79 Å². The highest BCUT2D eigenvalue weighted by Crippen LogP contribution is 2.35. The number of likely N-dealkylation sites (N-methyl/N-ethyl adjacent to an activating group) is 1. The second kappa shape index (κ2) is 7.03. The second-order valence-electron chi connectivity index (χ2n) is 7.04. The maximum absolute atomic E-state index is 12.2. The molecular weight excluding hydrogens is 356 g/mol. The zero-order valence-corrected chi connectivity index (χ0v) is 16.1. The van der Waals surface area contributed by atoms with Crippen LogP contribution < -0.4 is 20.6 Å². The summed E-state index contributed by atoms with van der Waals surface area (Å²) in [5.41, 5.74) is 4.04. The van der Waals surface area contributed by atoms with Gasteiger partial charge in [-0.1, -0.05) is 24.3 Å². The molecule has 2 aromatic carbocycles. The highest BCUT2D eigenvalue weighted by Gasteiger charge is 2.30. The molecular formula is C22H22N2O4. The fourth-order valence-corrected chi connectivity index (χ4v) is 3.62. The van der Waals surface area contributed by atoms with E-state index in [0.717, 1.165) is 27.8 Å². The van der Waals surface area contributed by atoms with E-state index in [1.165, 1.54) is 6.07 Å². The largest absolute Gasteiger partial charge is 0.477 e. The number of rotatable bonds is 3. The van der Waals surface area contributed by atoms with E-state index in [4.69, 9.17) is 9.15 Å². The zero-order valence-electron chi connectivity index (χ0n) is 16.1. The molecule has 0 saturated heterocycles. The molecule has 144 valence electrons. The maximum atomic E-state index is 12.2. The number of amides is 1. The van der Waals surface area contributed by atoms with E-state index in [-0.39, 0.29) is 11.5 Å². The monoisotopic (exact) mass is 378 g/mol. The minimum atomic E-state index is -0.615. The first-order valence-corrected chi connectivity index (χ1v) is 9.23. The molecule has 0 saturated carbocycles. The Labute approximate surface area is 162 Å². The van der Waals surface area contributed by atoms with Crippen molar-refractivity contribution < 1.29 is 13.9 Å². The van der Waals surface area contributed by atoms with Crippen molar-refractivity contribution in [1.29, 1.82) is 0 Å². The van der Waals surface area contributed by atoms with Gasteiger partial charge in [0.15, 0.2) is 6.10 Å². The van der Waals surface area contributed by atoms with Crippen LogP contribution in [0.1, 0.15) is 16.7 Å². The molecule has 2 heterocycles. The molecule has 0 spiro atoms. The number of anilines is 1. The van der Waals surface area contributed by atoms with Crippen molar-refractivity contribution in [3.05, 3.63) is 69.6 Å². The molecule has 1 amide bonds. The lowest BCUT2D eigenvalue weighted by Crippen LogP contribution is -2.48. The number of nitrogens with one attached hydrogen (secondary N) is 1. The van der Waals surface area contributed by atoms with E-state index < -0.39 is 6.10 Å². The maximum Gasteiger partial charge on any atom is 0.336 e. The van der Waals surface area contributed by atoms with Gasteiger partial charge in [-0.15, -0.1) is 0 Å². The molecule has 0 radical (unpaired) electrons. The van der Waals surface area contributed by atoms with E-state index in [1.807, 2.05) is 50.2 Å². The fraction of sp³-hybridized carbons (Fsp3) is 0.273. The number of para-hydroxylation sites is 2. The number of carbonyl (C=O) groups is 1. The molecule has 3 aromatic rings. The summed E-state index contributed by atoms with van der Waals surface area (Å²) in [4.78, 5) is 26.5. The molecule has 1 aliphatic heterocycles. The van der Waals surface area contributed by atoms with Crippen molar-refractivity contribution in [3.63, 3.8) is 0 Å². The van der Waals surface area contributed by atoms with Crippen LogP contribution in [0.5, 0.6) is 5.75 Å². The Morgan fingerprint density at radius 3 is 2.79 bits per heavy atom. The lowest BCUT2D eigenvalue weighted by atomic mass is 10.0. The number of nitrogens with zero attached hydrogens (tertiary/aromatic N) is 1. The average molecular weight is 378 g/mol. The topological polar surface area (TPSA) is 71.8 Å². The Morgan fingerprint density at radius 1 is 1.21 bits per heavy atom. The Morgan fingerprint density at radius 2 is 2.00 bits per heavy atom. The van der Waals surface area contributed by atoms with Gasteiger partial charge in [0.05, 0.1) is 12.2 Å². The molecule has 1 aromatic heterocycles. The van der Waals surface area contributed by atoms with E-state index in [9.17, 15) is 9.59 Å². The summed E-state index contributed by atoms with van der Waals surface area (Å²) in [5, 5.41) is 3.55. The fourth-order valence-electron chi connectivity index (χ4n) is 3.62. The highest BCUT2D eigenvalue weighted by atomic mass is 16.5. The SMILES string of the molecule is CNC(=O)[C@@H]1CN(Cc2cc(=O)oc3c(C)c(C)ccc23)c2ccccc2O1. The molecule has 6 nitrogen and oxygen atoms in total. The molecule has 0 fully saturated rings. The van der Waals surface area contributed by atoms with Crippen molar-refractivity contribution in [2.24, 2.45) is 0 Å². The van der Waals surface area contributed by atoms with Gasteiger partial charge in [0.2, 0.25) is 0 Å². The van der Waals surface area contributed by atoms with E-state index in [2.05, 4.69) is 10.2 Å². The summed E-state index contributed by atoms with van der Waals surface area (Å²) in [5.74, 6) is 0.477. The van der Waals surface area contributed by atoms with E-state index in [0.29, 0.717) is 24.4 Å². The van der Waals surface area contributed by atoms with Crippen molar-refractivity contribution in [3.8, 4) is 5.75 Å². The minimum Gasteiger partial charge on any atom is -0.477 e. The molecule has 28 heavy (non-hydrogen) atoms. The number of hydrogen-bond acceptors (Lipinski definition) is 5. The summed E-state index contributed by atoms with van der Waals surface area (Å²) in [6, 6.07) is 13.2. The molecule has 1 N–H and O–H groups in total. The molecule has 0 aliphatic carbocycles. The van der Waals surface area contributed by atoms with Gasteiger partial charge in [-0.2, -0.15) is 0 Å². The van der Waals surface area contributed by atoms with Gasteiger partial charge in [0.25, 0.3) is 5.91 Å². The van der Waals surface area contributed by atoms with Gasteiger partial charge in [-0.05, 0) is 42.7 Å². The van der Waals surface area contributed by atoms with E-state index >= 15 is 0 Å². The number of aryl methyl sites for hydroxylation is 2. The number of hydrogen-bond donors (Lipinski definition) is 1. The Hall–Kier alpha value is -3.28. The first kappa shape index (κ1) is 18.1. The minimum absolute atomic E-state index is 0.177. The lowest BCUT2D eigenvalue weighted by Gasteiger charge is -2.35. The quantitative estimate of drug-likeness (QED) is 0.710. The van der Waals surface area contributed by atoms with Crippen LogP contribution in [-0.4, -0.2) is 25.6 Å². The second-order valence-corrected chi connectivity index (χ2v) is 7.04. The molecule has 0 unspecified atom stereocenters. The Balaban J connectivity index is 1.79. The van der Waals surface area contributed by atoms with Gasteiger partial charge < -0.3 is 19.4 Å². The Bertz CT molecular complexity index is 1120. The van der Waals surface area contributed by atoms with Crippen LogP contribution in [0.25, 0.3) is 11.0 Å². The van der Waals surface area contributed by atoms with Gasteiger partial charge in [0, 0.05) is 25.0 Å². The smallest absolute Gasteiger partial charge is 0.336 e. The van der Waals surface area contributed by atoms with Crippen molar-refractivity contribution in [2.45, 2.75) is 26.5 Å². The predicted octanol–water partition coefficient (Wildman–Crippen LogP) is 2.92. The van der Waals surface area contributed by atoms with Gasteiger partial charge in [0.1, 0.15) is 11.3 Å². The molecule has 1 atom stereocenters. The van der Waals surface area contributed by atoms with Crippen LogP contribution in [0.15, 0.2) is 51.7 Å². The molecule has 1 aliphatic rings. The first-order chi connectivity index (χ1) is 13.5. The number of ether oxygens (including phenoxy) is 1. The normalized spacial score (nSPS) is 15.8. The Kier molecular flexibility index (Phi) is 4.55. The van der Waals surface area contributed by atoms with Crippen LogP contribution >= 0.6 is 0 Å². The lowest BCUT2D eigenvalue weighted by molar-refractivity contribution is -0.127. The standard InChI is InChI=1S/C22H22N2O4/c1-13-8-9-16-15(10-20(25)28-21(16)14(13)2)11-24-12-19(22(26)23-3)27-18-7-5-4-6-17(18)24/h4-10,19H,11-12H2,1-3H3,(H,23,26)/t19-/m0/s1. The summed E-state index contributed by atoms with van der Waals surface area (Å²) in [6.07, 6.45) is -0.615. The summed E-state index contributed by atoms with van der Waals surface area (Å²) < 4.78 is 11.4. The highest BCUT2D eigenvalue weighted by molar-refractivity contribution is 5.85. The predicted molar refractivity (Wildman–Crippen MR) is 108 cm³/mol. The van der Waals surface area contributed by atoms with Crippen LogP contribution in [0, 0.1) is 13.8 Å². The molecule has 0 bridgehead atoms. The summed E-state index contributed by atoms with van der Waals surface area (Å²) in [7, 11) is 1.59. The van der Waals surface area contributed by atoms with Gasteiger partial charge >= 0.3 is 5.63 Å². The molecule has 6 heteroatoms. The summed E-state index contributed by atoms with van der Waals surface area (Å²) >= 11 is 0. The zero-order chi connectivity index (χ0) is 19.8.